The van der Waals surface area contributed by atoms with E-state index >= 15 is 0 Å². The summed E-state index contributed by atoms with van der Waals surface area (Å²) in [5, 5.41) is 11.7. The third kappa shape index (κ3) is 3.99. The average Bonchev–Trinajstić information content (AvgIpc) is 3.44. The summed E-state index contributed by atoms with van der Waals surface area (Å²) in [7, 11) is 0. The van der Waals surface area contributed by atoms with E-state index < -0.39 is 11.6 Å². The minimum absolute atomic E-state index is 0.0647. The van der Waals surface area contributed by atoms with E-state index in [1.807, 2.05) is 30.3 Å². The molecule has 1 saturated heterocycles. The van der Waals surface area contributed by atoms with Gasteiger partial charge in [0.15, 0.2) is 5.60 Å². The fourth-order valence-electron chi connectivity index (χ4n) is 6.40. The molecule has 170 valence electrons. The molecule has 4 nitrogen and oxygen atoms in total. The maximum atomic E-state index is 13.3. The second-order valence-electron chi connectivity index (χ2n) is 10.1. The van der Waals surface area contributed by atoms with Crippen LogP contribution in [0.3, 0.4) is 0 Å². The van der Waals surface area contributed by atoms with Gasteiger partial charge in [0.25, 0.3) is 0 Å². The Hall–Kier alpha value is -2.17. The van der Waals surface area contributed by atoms with Crippen molar-refractivity contribution in [2.45, 2.75) is 57.2 Å². The molecular weight excluding hydrogens is 398 g/mol. The van der Waals surface area contributed by atoms with Crippen molar-refractivity contribution < 1.29 is 14.6 Å². The monoisotopic (exact) mass is 433 g/mol. The number of benzene rings is 2. The van der Waals surface area contributed by atoms with Gasteiger partial charge in [-0.1, -0.05) is 79.9 Å². The summed E-state index contributed by atoms with van der Waals surface area (Å²) < 4.78 is 5.87. The van der Waals surface area contributed by atoms with Crippen LogP contribution < -0.4 is 0 Å². The number of ether oxygens (including phenoxy) is 1. The molecule has 2 aliphatic carbocycles. The molecule has 32 heavy (non-hydrogen) atoms. The molecule has 1 N–H and O–H groups in total. The molecule has 0 amide bonds. The lowest BCUT2D eigenvalue weighted by atomic mass is 9.73. The summed E-state index contributed by atoms with van der Waals surface area (Å²) in [5.41, 5.74) is 0.496. The Morgan fingerprint density at radius 2 is 1.69 bits per heavy atom. The van der Waals surface area contributed by atoms with Crippen molar-refractivity contribution in [1.82, 2.24) is 4.90 Å². The normalized spacial score (nSPS) is 29.8. The van der Waals surface area contributed by atoms with Gasteiger partial charge in [-0.3, -0.25) is 4.90 Å². The van der Waals surface area contributed by atoms with Crippen molar-refractivity contribution in [1.29, 1.82) is 0 Å². The quantitative estimate of drug-likeness (QED) is 0.640. The van der Waals surface area contributed by atoms with Gasteiger partial charge in [-0.25, -0.2) is 4.79 Å². The fraction of sp³-hybridized carbons (Fsp3) is 0.536. The van der Waals surface area contributed by atoms with Crippen molar-refractivity contribution in [3.05, 3.63) is 71.8 Å². The van der Waals surface area contributed by atoms with Gasteiger partial charge in [-0.05, 0) is 42.7 Å². The van der Waals surface area contributed by atoms with Crippen molar-refractivity contribution in [2.24, 2.45) is 23.7 Å². The minimum atomic E-state index is -1.53. The number of hydrogen-bond donors (Lipinski definition) is 1. The number of fused-ring (bicyclic) bond motifs is 1. The van der Waals surface area contributed by atoms with Gasteiger partial charge < -0.3 is 9.84 Å². The number of carbonyl (C=O) groups is 1. The molecule has 4 heteroatoms. The topological polar surface area (TPSA) is 49.8 Å². The van der Waals surface area contributed by atoms with E-state index in [-0.39, 0.29) is 5.92 Å². The number of esters is 1. The highest BCUT2D eigenvalue weighted by Crippen LogP contribution is 2.55. The lowest BCUT2D eigenvalue weighted by molar-refractivity contribution is -0.176. The van der Waals surface area contributed by atoms with Gasteiger partial charge in [0.2, 0.25) is 0 Å². The van der Waals surface area contributed by atoms with E-state index in [0.29, 0.717) is 36.0 Å². The summed E-state index contributed by atoms with van der Waals surface area (Å²) in [5.74, 6) is 1.10. The second-order valence-corrected chi connectivity index (χ2v) is 10.1. The van der Waals surface area contributed by atoms with Crippen LogP contribution in [0, 0.1) is 23.7 Å². The summed E-state index contributed by atoms with van der Waals surface area (Å²) >= 11 is 0. The third-order valence-corrected chi connectivity index (χ3v) is 8.33. The van der Waals surface area contributed by atoms with Crippen molar-refractivity contribution in [3.63, 3.8) is 0 Å². The number of likely N-dealkylation sites (tertiary alicyclic amines) is 1. The fourth-order valence-corrected chi connectivity index (χ4v) is 6.40. The number of carbonyl (C=O) groups excluding carboxylic acids is 1. The lowest BCUT2D eigenvalue weighted by Gasteiger charge is -2.37. The molecule has 2 aromatic carbocycles. The first-order chi connectivity index (χ1) is 15.6. The third-order valence-electron chi connectivity index (χ3n) is 8.33. The number of hydrogen-bond acceptors (Lipinski definition) is 4. The van der Waals surface area contributed by atoms with E-state index in [0.717, 1.165) is 38.8 Å². The van der Waals surface area contributed by atoms with Gasteiger partial charge in [-0.2, -0.15) is 0 Å². The largest absolute Gasteiger partial charge is 0.463 e. The van der Waals surface area contributed by atoms with Crippen molar-refractivity contribution >= 4 is 5.97 Å². The van der Waals surface area contributed by atoms with Crippen molar-refractivity contribution in [3.8, 4) is 0 Å². The molecule has 3 fully saturated rings. The smallest absolute Gasteiger partial charge is 0.343 e. The molecule has 0 radical (unpaired) electrons. The zero-order valence-corrected chi connectivity index (χ0v) is 19.0. The van der Waals surface area contributed by atoms with E-state index in [4.69, 9.17) is 4.74 Å². The SMILES string of the molecule is CC1C2C(COC(=O)C(O)(c3ccccc3)C3CCCCC3)C2CN1Cc1ccccc1. The number of rotatable bonds is 7. The van der Waals surface area contributed by atoms with Crippen LogP contribution in [0.5, 0.6) is 0 Å². The van der Waals surface area contributed by atoms with Crippen LogP contribution >= 0.6 is 0 Å². The minimum Gasteiger partial charge on any atom is -0.463 e. The molecule has 1 aliphatic heterocycles. The molecule has 2 aromatic rings. The van der Waals surface area contributed by atoms with E-state index in [1.54, 1.807) is 0 Å². The Morgan fingerprint density at radius 1 is 1.03 bits per heavy atom. The van der Waals surface area contributed by atoms with Crippen LogP contribution in [0.15, 0.2) is 60.7 Å². The van der Waals surface area contributed by atoms with Gasteiger partial charge in [-0.15, -0.1) is 0 Å². The van der Waals surface area contributed by atoms with Crippen LogP contribution in [0.1, 0.15) is 50.2 Å². The highest BCUT2D eigenvalue weighted by molar-refractivity contribution is 5.81. The van der Waals surface area contributed by atoms with Gasteiger partial charge in [0, 0.05) is 31.0 Å². The number of piperidine rings is 1. The molecule has 0 aromatic heterocycles. The van der Waals surface area contributed by atoms with Crippen LogP contribution in [0.25, 0.3) is 0 Å². The summed E-state index contributed by atoms with van der Waals surface area (Å²) in [6.45, 7) is 4.78. The maximum absolute atomic E-state index is 13.3. The standard InChI is InChI=1S/C28H35NO3/c1-20-26-24(18-29(20)17-21-11-5-2-6-12-21)25(26)19-32-27(30)28(31,22-13-7-3-8-14-22)23-15-9-4-10-16-23/h2-3,5-8,11-14,20,23-26,31H,4,9-10,15-19H2,1H3. The average molecular weight is 434 g/mol. The van der Waals surface area contributed by atoms with Crippen LogP contribution in [-0.4, -0.2) is 35.2 Å². The molecule has 0 spiro atoms. The van der Waals surface area contributed by atoms with Crippen molar-refractivity contribution in [2.75, 3.05) is 13.2 Å². The molecule has 3 aliphatic rings. The van der Waals surface area contributed by atoms with Gasteiger partial charge >= 0.3 is 5.97 Å². The highest BCUT2D eigenvalue weighted by atomic mass is 16.6. The first-order valence-corrected chi connectivity index (χ1v) is 12.3. The van der Waals surface area contributed by atoms with E-state index in [9.17, 15) is 9.90 Å². The van der Waals surface area contributed by atoms with Crippen LogP contribution in [0.4, 0.5) is 0 Å². The maximum Gasteiger partial charge on any atom is 0.343 e. The van der Waals surface area contributed by atoms with E-state index in [2.05, 4.69) is 42.2 Å². The predicted molar refractivity (Wildman–Crippen MR) is 125 cm³/mol. The lowest BCUT2D eigenvalue weighted by Crippen LogP contribution is -2.45. The predicted octanol–water partition coefficient (Wildman–Crippen LogP) is 4.76. The summed E-state index contributed by atoms with van der Waals surface area (Å²) in [6.07, 6.45) is 5.06. The van der Waals surface area contributed by atoms with E-state index in [1.165, 1.54) is 12.0 Å². The molecule has 0 bridgehead atoms. The van der Waals surface area contributed by atoms with Crippen LogP contribution in [-0.2, 0) is 21.7 Å². The van der Waals surface area contributed by atoms with Gasteiger partial charge in [0.1, 0.15) is 0 Å². The summed E-state index contributed by atoms with van der Waals surface area (Å²) in [6, 6.07) is 20.6. The number of aliphatic hydroxyl groups is 1. The Kier molecular flexibility index (Phi) is 6.09. The second kappa shape index (κ2) is 8.99. The molecule has 2 saturated carbocycles. The number of nitrogens with zero attached hydrogens (tertiary/aromatic N) is 1. The first-order valence-electron chi connectivity index (χ1n) is 12.3. The Balaban J connectivity index is 1.21. The zero-order chi connectivity index (χ0) is 22.1. The van der Waals surface area contributed by atoms with Gasteiger partial charge in [0.05, 0.1) is 6.61 Å². The highest BCUT2D eigenvalue weighted by Gasteiger charge is 2.60. The van der Waals surface area contributed by atoms with Crippen LogP contribution in [0.2, 0.25) is 0 Å². The summed E-state index contributed by atoms with van der Waals surface area (Å²) in [4.78, 5) is 15.9. The Labute approximate surface area is 191 Å². The molecule has 5 rings (SSSR count). The molecule has 1 heterocycles. The molecular formula is C28H35NO3. The Morgan fingerprint density at radius 3 is 2.31 bits per heavy atom. The molecule has 5 atom stereocenters. The zero-order valence-electron chi connectivity index (χ0n) is 19.0. The Bertz CT molecular complexity index is 911. The molecule has 5 unspecified atom stereocenters. The first kappa shape index (κ1) is 21.7.